The molecular formula is C50H70ClNO11. The van der Waals surface area contributed by atoms with E-state index in [2.05, 4.69) is 38.1 Å². The van der Waals surface area contributed by atoms with Crippen LogP contribution in [0.2, 0.25) is 5.02 Å². The van der Waals surface area contributed by atoms with Crippen molar-refractivity contribution in [2.75, 3.05) is 35.4 Å². The minimum Gasteiger partial charge on any atom is -0.462 e. The number of cyclic esters (lactones) is 1. The average Bonchev–Trinajstić information content (AvgIpc) is 3.94. The first-order valence-electron chi connectivity index (χ1n) is 23.6. The molecule has 63 heavy (non-hydrogen) atoms. The van der Waals surface area contributed by atoms with Crippen LogP contribution in [0.1, 0.15) is 91.0 Å². The number of benzene rings is 1. The Bertz CT molecular complexity index is 1890. The first kappa shape index (κ1) is 47.0. The zero-order valence-corrected chi connectivity index (χ0v) is 39.4. The van der Waals surface area contributed by atoms with E-state index < -0.39 is 48.6 Å². The van der Waals surface area contributed by atoms with Crippen LogP contribution in [0.5, 0.6) is 0 Å². The second-order valence-corrected chi connectivity index (χ2v) is 20.1. The molecule has 7 aliphatic rings. The molecule has 5 unspecified atom stereocenters. The van der Waals surface area contributed by atoms with Gasteiger partial charge in [-0.15, -0.1) is 0 Å². The van der Waals surface area contributed by atoms with Gasteiger partial charge in [-0.1, -0.05) is 49.7 Å². The zero-order valence-electron chi connectivity index (χ0n) is 38.6. The number of hydrogen-bond donors (Lipinski definition) is 0. The Balaban J connectivity index is 1.14. The van der Waals surface area contributed by atoms with Gasteiger partial charge in [-0.25, -0.2) is 0 Å². The maximum Gasteiger partial charge on any atom is 0.306 e. The highest BCUT2D eigenvalue weighted by Crippen LogP contribution is 2.64. The van der Waals surface area contributed by atoms with Gasteiger partial charge in [-0.05, 0) is 132 Å². The van der Waals surface area contributed by atoms with Crippen LogP contribution in [0.3, 0.4) is 0 Å². The van der Waals surface area contributed by atoms with Crippen molar-refractivity contribution in [2.24, 2.45) is 47.3 Å². The Morgan fingerprint density at radius 2 is 1.54 bits per heavy atom. The van der Waals surface area contributed by atoms with E-state index in [1.165, 1.54) is 0 Å². The number of ether oxygens (including phenoxy) is 8. The van der Waals surface area contributed by atoms with E-state index in [9.17, 15) is 4.79 Å². The molecule has 3 heterocycles. The van der Waals surface area contributed by atoms with Gasteiger partial charge >= 0.3 is 5.97 Å². The van der Waals surface area contributed by atoms with Gasteiger partial charge in [0.1, 0.15) is 24.4 Å². The zero-order chi connectivity index (χ0) is 44.9. The van der Waals surface area contributed by atoms with Crippen molar-refractivity contribution >= 4 is 34.7 Å². The van der Waals surface area contributed by atoms with Gasteiger partial charge in [0, 0.05) is 55.7 Å². The third-order valence-electron chi connectivity index (χ3n) is 16.1. The maximum absolute atomic E-state index is 15.3. The number of hydrogen-bond acceptors (Lipinski definition) is 12. The van der Waals surface area contributed by atoms with Crippen molar-refractivity contribution < 1.29 is 52.3 Å². The van der Waals surface area contributed by atoms with Gasteiger partial charge in [0.15, 0.2) is 24.1 Å². The van der Waals surface area contributed by atoms with Gasteiger partial charge in [0.2, 0.25) is 0 Å². The van der Waals surface area contributed by atoms with Crippen molar-refractivity contribution in [3.63, 3.8) is 0 Å². The number of esters is 1. The highest BCUT2D eigenvalue weighted by atomic mass is 35.5. The Labute approximate surface area is 379 Å². The number of methoxy groups -OCH3 is 3. The van der Waals surface area contributed by atoms with E-state index in [1.807, 2.05) is 45.0 Å². The van der Waals surface area contributed by atoms with E-state index in [0.717, 1.165) is 24.8 Å². The van der Waals surface area contributed by atoms with Crippen LogP contribution in [0, 0.1) is 47.3 Å². The summed E-state index contributed by atoms with van der Waals surface area (Å²) in [7, 11) is 9.07. The third kappa shape index (κ3) is 9.16. The summed E-state index contributed by atoms with van der Waals surface area (Å²) in [6.07, 6.45) is 6.57. The predicted molar refractivity (Wildman–Crippen MR) is 237 cm³/mol. The average molecular weight is 897 g/mol. The van der Waals surface area contributed by atoms with Crippen LogP contribution in [0.25, 0.3) is 5.57 Å². The van der Waals surface area contributed by atoms with Crippen molar-refractivity contribution in [1.82, 2.24) is 4.90 Å². The second kappa shape index (κ2) is 19.8. The summed E-state index contributed by atoms with van der Waals surface area (Å²) in [5.74, 6) is -2.15. The number of carbonyl (C=O) groups excluding carboxylic acids is 3. The molecule has 1 aromatic carbocycles. The SMILES string of the molecule is CC[C@H]1CCC[C@H](O[C@H]2CC[C@H](N(C)C)C(C)O2)[C@@H](C)C(=O)C2=C[C@H]3[C@@H]4C[C@H](O[C@@H]5OC(C)[C@H](OC)C(OC)[C@@H]5OC)C[C@H]4C4C=C(c5cccc(Cl)c5)C(=O)C4[C@H]3[C@@H]2CC(=O)O1. The molecule has 19 atom stereocenters. The molecule has 348 valence electrons. The van der Waals surface area contributed by atoms with Gasteiger partial charge in [0.05, 0.1) is 30.8 Å². The number of Topliss-reactive ketones (excluding diaryl/α,β-unsaturated/α-hetero) is 2. The van der Waals surface area contributed by atoms with Gasteiger partial charge in [-0.2, -0.15) is 0 Å². The summed E-state index contributed by atoms with van der Waals surface area (Å²) >= 11 is 6.52. The lowest BCUT2D eigenvalue weighted by atomic mass is 9.57. The third-order valence-corrected chi connectivity index (χ3v) is 16.3. The van der Waals surface area contributed by atoms with Crippen molar-refractivity contribution in [3.05, 3.63) is 52.6 Å². The fraction of sp³-hybridized carbons (Fsp3) is 0.740. The van der Waals surface area contributed by atoms with Crippen LogP contribution in [0.4, 0.5) is 0 Å². The summed E-state index contributed by atoms with van der Waals surface area (Å²) in [5.41, 5.74) is 2.06. The van der Waals surface area contributed by atoms with Crippen molar-refractivity contribution in [2.45, 2.75) is 153 Å². The molecule has 12 nitrogen and oxygen atoms in total. The molecule has 0 aromatic heterocycles. The number of allylic oxidation sites excluding steroid dienone is 4. The Morgan fingerprint density at radius 3 is 2.21 bits per heavy atom. The molecule has 0 radical (unpaired) electrons. The highest BCUT2D eigenvalue weighted by molar-refractivity contribution is 6.31. The van der Waals surface area contributed by atoms with E-state index in [4.69, 9.17) is 49.5 Å². The second-order valence-electron chi connectivity index (χ2n) is 19.7. The van der Waals surface area contributed by atoms with E-state index in [-0.39, 0.29) is 84.1 Å². The molecule has 3 saturated heterocycles. The Hall–Kier alpha value is -2.52. The molecule has 1 aromatic rings. The number of fused-ring (bicyclic) bond motifs is 8. The van der Waals surface area contributed by atoms with Crippen molar-refractivity contribution in [3.8, 4) is 0 Å². The lowest BCUT2D eigenvalue weighted by molar-refractivity contribution is -0.314. The lowest BCUT2D eigenvalue weighted by Gasteiger charge is -2.45. The smallest absolute Gasteiger partial charge is 0.306 e. The lowest BCUT2D eigenvalue weighted by Crippen LogP contribution is -2.59. The van der Waals surface area contributed by atoms with Crippen molar-refractivity contribution in [1.29, 1.82) is 0 Å². The number of ketones is 2. The largest absolute Gasteiger partial charge is 0.462 e. The van der Waals surface area contributed by atoms with Crippen LogP contribution in [0.15, 0.2) is 42.0 Å². The van der Waals surface area contributed by atoms with Crippen LogP contribution in [-0.2, 0) is 52.3 Å². The quantitative estimate of drug-likeness (QED) is 0.216. The Kier molecular flexibility index (Phi) is 14.7. The summed E-state index contributed by atoms with van der Waals surface area (Å²) < 4.78 is 50.5. The Morgan fingerprint density at radius 1 is 0.810 bits per heavy atom. The van der Waals surface area contributed by atoms with Gasteiger partial charge in [0.25, 0.3) is 0 Å². The molecule has 0 amide bonds. The number of carbonyl (C=O) groups is 3. The molecule has 0 spiro atoms. The van der Waals surface area contributed by atoms with E-state index in [0.29, 0.717) is 54.3 Å². The van der Waals surface area contributed by atoms with Crippen LogP contribution >= 0.6 is 11.6 Å². The summed E-state index contributed by atoms with van der Waals surface area (Å²) in [6.45, 7) is 8.07. The van der Waals surface area contributed by atoms with E-state index in [1.54, 1.807) is 21.3 Å². The maximum atomic E-state index is 15.3. The molecular weight excluding hydrogens is 826 g/mol. The predicted octanol–water partition coefficient (Wildman–Crippen LogP) is 7.48. The molecule has 5 fully saturated rings. The fourth-order valence-electron chi connectivity index (χ4n) is 13.0. The first-order chi connectivity index (χ1) is 30.3. The molecule has 0 bridgehead atoms. The van der Waals surface area contributed by atoms with Gasteiger partial charge < -0.3 is 42.8 Å². The topological polar surface area (TPSA) is 128 Å². The fourth-order valence-corrected chi connectivity index (χ4v) is 13.2. The molecule has 3 aliphatic heterocycles. The monoisotopic (exact) mass is 895 g/mol. The summed E-state index contributed by atoms with van der Waals surface area (Å²) in [4.78, 5) is 46.7. The van der Waals surface area contributed by atoms with E-state index >= 15 is 9.59 Å². The number of halogens is 1. The standard InChI is InChI=1S/C50H70ClNO11/c1-10-30-15-12-16-40(63-42-18-17-39(52(5)6)26(3)59-42)25(2)45(54)38-23-35-33-20-31(62-50-49(58-9)48(57-8)47(56-7)27(4)60-50)21-34(33)36-22-32(28-13-11-14-29(51)19-28)46(55)44(36)43(35)37(38)24-41(53)61-30/h11,13-14,19,22-23,25-27,30-31,33-37,39-40,42-44,47-50H,10,12,15-18,20-21,24H2,1-9H3/t25-,26?,27?,30+,31+,33-,34-,35+,36?,37-,39+,40+,42+,43-,44?,47+,48?,49+,50+/m1/s1. The number of rotatable bonds is 10. The number of nitrogens with zero attached hydrogens (tertiary/aromatic N) is 1. The highest BCUT2D eigenvalue weighted by Gasteiger charge is 2.62. The molecule has 0 N–H and O–H groups in total. The van der Waals surface area contributed by atoms with Gasteiger partial charge in [-0.3, -0.25) is 14.4 Å². The minimum atomic E-state index is -0.705. The van der Waals surface area contributed by atoms with Crippen LogP contribution in [-0.4, -0.2) is 125 Å². The minimum absolute atomic E-state index is 0.0171. The normalized spacial score (nSPS) is 43.2. The molecule has 4 aliphatic carbocycles. The number of likely N-dealkylation sites (N-methyl/N-ethyl adjacent to an activating group) is 1. The molecule has 2 saturated carbocycles. The first-order valence-corrected chi connectivity index (χ1v) is 24.0. The summed E-state index contributed by atoms with van der Waals surface area (Å²) in [5, 5.41) is 0.556. The summed E-state index contributed by atoms with van der Waals surface area (Å²) in [6, 6.07) is 7.76. The molecule has 13 heteroatoms. The van der Waals surface area contributed by atoms with Crippen LogP contribution < -0.4 is 0 Å². The molecule has 8 rings (SSSR count).